The van der Waals surface area contributed by atoms with Crippen molar-refractivity contribution in [2.45, 2.75) is 18.0 Å². The molecule has 1 aliphatic rings. The van der Waals surface area contributed by atoms with Crippen molar-refractivity contribution >= 4 is 23.6 Å². The smallest absolute Gasteiger partial charge is 0.239 e. The first kappa shape index (κ1) is 15.7. The summed E-state index contributed by atoms with van der Waals surface area (Å²) in [7, 11) is 1.72. The Morgan fingerprint density at radius 3 is 2.83 bits per heavy atom. The van der Waals surface area contributed by atoms with E-state index in [1.807, 2.05) is 0 Å². The normalized spacial score (nSPS) is 14.5. The Labute approximate surface area is 136 Å². The van der Waals surface area contributed by atoms with E-state index in [9.17, 15) is 14.0 Å². The second-order valence-electron chi connectivity index (χ2n) is 5.18. The number of thioether (sulfide) groups is 1. The summed E-state index contributed by atoms with van der Waals surface area (Å²) >= 11 is 1.19. The van der Waals surface area contributed by atoms with Crippen LogP contribution >= 0.6 is 11.8 Å². The number of hydrogen-bond donors (Lipinski definition) is 0. The Morgan fingerprint density at radius 1 is 1.35 bits per heavy atom. The summed E-state index contributed by atoms with van der Waals surface area (Å²) in [5.74, 6) is -0.225. The number of likely N-dealkylation sites (tertiary alicyclic amines) is 1. The molecular weight excluding hydrogens is 319 g/mol. The molecule has 2 heterocycles. The number of amides is 2. The molecule has 1 aromatic carbocycles. The van der Waals surface area contributed by atoms with Crippen molar-refractivity contribution in [3.05, 3.63) is 30.1 Å². The zero-order valence-electron chi connectivity index (χ0n) is 12.5. The molecule has 0 spiro atoms. The van der Waals surface area contributed by atoms with Crippen molar-refractivity contribution in [1.82, 2.24) is 19.7 Å². The maximum atomic E-state index is 13.8. The number of halogens is 1. The van der Waals surface area contributed by atoms with Gasteiger partial charge in [0.25, 0.3) is 0 Å². The van der Waals surface area contributed by atoms with Crippen LogP contribution in [0, 0.1) is 5.82 Å². The maximum Gasteiger partial charge on any atom is 0.239 e. The Morgan fingerprint density at radius 2 is 2.13 bits per heavy atom. The van der Waals surface area contributed by atoms with Crippen LogP contribution in [0.2, 0.25) is 0 Å². The van der Waals surface area contributed by atoms with Gasteiger partial charge in [0, 0.05) is 20.0 Å². The van der Waals surface area contributed by atoms with E-state index in [1.165, 1.54) is 22.7 Å². The molecule has 120 valence electrons. The SMILES string of the molecule is Cn1c(SCC(=O)N2CCCC2=O)nnc1-c1ccccc1F. The Bertz CT molecular complexity index is 762. The summed E-state index contributed by atoms with van der Waals surface area (Å²) in [6.07, 6.45) is 1.15. The molecule has 2 amide bonds. The van der Waals surface area contributed by atoms with Crippen LogP contribution in [0.4, 0.5) is 4.39 Å². The lowest BCUT2D eigenvalue weighted by Gasteiger charge is -2.12. The Balaban J connectivity index is 1.72. The van der Waals surface area contributed by atoms with Crippen LogP contribution in [0.1, 0.15) is 12.8 Å². The summed E-state index contributed by atoms with van der Waals surface area (Å²) in [5, 5.41) is 8.50. The minimum atomic E-state index is -0.377. The minimum absolute atomic E-state index is 0.106. The molecule has 0 N–H and O–H groups in total. The summed E-state index contributed by atoms with van der Waals surface area (Å²) < 4.78 is 15.5. The molecule has 0 aliphatic carbocycles. The predicted molar refractivity (Wildman–Crippen MR) is 83.1 cm³/mol. The highest BCUT2D eigenvalue weighted by atomic mass is 32.2. The van der Waals surface area contributed by atoms with Gasteiger partial charge in [-0.05, 0) is 18.6 Å². The van der Waals surface area contributed by atoms with Crippen LogP contribution in [-0.4, -0.2) is 43.8 Å². The predicted octanol–water partition coefficient (Wildman–Crippen LogP) is 1.86. The molecule has 0 atom stereocenters. The third-order valence-corrected chi connectivity index (χ3v) is 4.65. The van der Waals surface area contributed by atoms with E-state index < -0.39 is 0 Å². The number of benzene rings is 1. The average molecular weight is 334 g/mol. The molecule has 0 radical (unpaired) electrons. The van der Waals surface area contributed by atoms with Gasteiger partial charge in [-0.1, -0.05) is 23.9 Å². The second-order valence-corrected chi connectivity index (χ2v) is 6.12. The number of rotatable bonds is 4. The van der Waals surface area contributed by atoms with Crippen LogP contribution in [0.5, 0.6) is 0 Å². The van der Waals surface area contributed by atoms with Gasteiger partial charge in [0.2, 0.25) is 11.8 Å². The third kappa shape index (κ3) is 3.12. The van der Waals surface area contributed by atoms with Gasteiger partial charge in [0.15, 0.2) is 11.0 Å². The lowest BCUT2D eigenvalue weighted by Crippen LogP contribution is -2.33. The summed E-state index contributed by atoms with van der Waals surface area (Å²) in [6, 6.07) is 6.32. The number of hydrogen-bond acceptors (Lipinski definition) is 5. The Kier molecular flexibility index (Phi) is 4.42. The van der Waals surface area contributed by atoms with Gasteiger partial charge in [-0.2, -0.15) is 0 Å². The summed E-state index contributed by atoms with van der Waals surface area (Å²) in [4.78, 5) is 24.9. The molecule has 3 rings (SSSR count). The summed E-state index contributed by atoms with van der Waals surface area (Å²) in [6.45, 7) is 0.484. The highest BCUT2D eigenvalue weighted by molar-refractivity contribution is 7.99. The summed E-state index contributed by atoms with van der Waals surface area (Å²) in [5.41, 5.74) is 0.357. The molecule has 6 nitrogen and oxygen atoms in total. The quantitative estimate of drug-likeness (QED) is 0.799. The lowest BCUT2D eigenvalue weighted by molar-refractivity contribution is -0.140. The molecule has 23 heavy (non-hydrogen) atoms. The molecule has 1 aromatic heterocycles. The number of carbonyl (C=O) groups is 2. The van der Waals surface area contributed by atoms with E-state index in [4.69, 9.17) is 0 Å². The molecule has 1 saturated heterocycles. The number of aromatic nitrogens is 3. The van der Waals surface area contributed by atoms with Gasteiger partial charge in [0.05, 0.1) is 11.3 Å². The number of nitrogens with zero attached hydrogens (tertiary/aromatic N) is 4. The fraction of sp³-hybridized carbons (Fsp3) is 0.333. The van der Waals surface area contributed by atoms with Gasteiger partial charge < -0.3 is 4.57 Å². The van der Waals surface area contributed by atoms with E-state index in [0.29, 0.717) is 29.5 Å². The van der Waals surface area contributed by atoms with Gasteiger partial charge in [0.1, 0.15) is 5.82 Å². The van der Waals surface area contributed by atoms with Crippen LogP contribution in [0.3, 0.4) is 0 Å². The van der Waals surface area contributed by atoms with Crippen molar-refractivity contribution < 1.29 is 14.0 Å². The molecule has 2 aromatic rings. The lowest BCUT2D eigenvalue weighted by atomic mass is 10.2. The van der Waals surface area contributed by atoms with E-state index in [2.05, 4.69) is 10.2 Å². The third-order valence-electron chi connectivity index (χ3n) is 3.65. The molecule has 0 saturated carbocycles. The van der Waals surface area contributed by atoms with Gasteiger partial charge in [-0.3, -0.25) is 14.5 Å². The highest BCUT2D eigenvalue weighted by Gasteiger charge is 2.26. The van der Waals surface area contributed by atoms with Crippen LogP contribution in [0.25, 0.3) is 11.4 Å². The van der Waals surface area contributed by atoms with Gasteiger partial charge >= 0.3 is 0 Å². The van der Waals surface area contributed by atoms with Crippen LogP contribution < -0.4 is 0 Å². The van der Waals surface area contributed by atoms with Crippen molar-refractivity contribution in [1.29, 1.82) is 0 Å². The first-order valence-electron chi connectivity index (χ1n) is 7.18. The van der Waals surface area contributed by atoms with E-state index in [-0.39, 0.29) is 23.4 Å². The number of imide groups is 1. The second kappa shape index (κ2) is 6.49. The zero-order chi connectivity index (χ0) is 16.4. The number of carbonyl (C=O) groups excluding carboxylic acids is 2. The molecule has 0 bridgehead atoms. The molecule has 1 aliphatic heterocycles. The van der Waals surface area contributed by atoms with Crippen molar-refractivity contribution in [2.24, 2.45) is 7.05 Å². The van der Waals surface area contributed by atoms with Crippen LogP contribution in [-0.2, 0) is 16.6 Å². The highest BCUT2D eigenvalue weighted by Crippen LogP contribution is 2.25. The minimum Gasteiger partial charge on any atom is -0.305 e. The fourth-order valence-electron chi connectivity index (χ4n) is 2.43. The van der Waals surface area contributed by atoms with E-state index in [1.54, 1.807) is 29.8 Å². The van der Waals surface area contributed by atoms with Crippen LogP contribution in [0.15, 0.2) is 29.4 Å². The van der Waals surface area contributed by atoms with Gasteiger partial charge in [-0.25, -0.2) is 4.39 Å². The largest absolute Gasteiger partial charge is 0.305 e. The van der Waals surface area contributed by atoms with Crippen molar-refractivity contribution in [2.75, 3.05) is 12.3 Å². The standard InChI is InChI=1S/C15H15FN4O2S/c1-19-14(10-5-2-3-6-11(10)16)17-18-15(19)23-9-13(22)20-8-4-7-12(20)21/h2-3,5-6H,4,7-9H2,1H3. The first-order valence-corrected chi connectivity index (χ1v) is 8.17. The van der Waals surface area contributed by atoms with E-state index >= 15 is 0 Å². The molecule has 8 heteroatoms. The first-order chi connectivity index (χ1) is 11.1. The monoisotopic (exact) mass is 334 g/mol. The maximum absolute atomic E-state index is 13.8. The van der Waals surface area contributed by atoms with Crippen molar-refractivity contribution in [3.8, 4) is 11.4 Å². The fourth-order valence-corrected chi connectivity index (χ4v) is 3.22. The Hall–Kier alpha value is -2.22. The molecular formula is C15H15FN4O2S. The average Bonchev–Trinajstić information content (AvgIpc) is 3.12. The van der Waals surface area contributed by atoms with Gasteiger partial charge in [-0.15, -0.1) is 10.2 Å². The van der Waals surface area contributed by atoms with Crippen molar-refractivity contribution in [3.63, 3.8) is 0 Å². The molecule has 0 unspecified atom stereocenters. The molecule has 1 fully saturated rings. The zero-order valence-corrected chi connectivity index (χ0v) is 13.3. The topological polar surface area (TPSA) is 68.1 Å². The van der Waals surface area contributed by atoms with E-state index in [0.717, 1.165) is 6.42 Å².